The predicted octanol–water partition coefficient (Wildman–Crippen LogP) is 3.56. The Morgan fingerprint density at radius 3 is 2.36 bits per heavy atom. The molecule has 0 aliphatic rings. The third kappa shape index (κ3) is 3.30. The zero-order chi connectivity index (χ0) is 17.2. The molecule has 124 valence electrons. The summed E-state index contributed by atoms with van der Waals surface area (Å²) in [5.74, 6) is 2.14. The summed E-state index contributed by atoms with van der Waals surface area (Å²) in [6.45, 7) is 1.85. The molecule has 0 radical (unpaired) electrons. The second kappa shape index (κ2) is 6.27. The molecule has 1 N–H and O–H groups in total. The van der Waals surface area contributed by atoms with Gasteiger partial charge in [-0.15, -0.1) is 0 Å². The number of hydrogen-bond acceptors (Lipinski definition) is 5. The summed E-state index contributed by atoms with van der Waals surface area (Å²) in [4.78, 5) is 8.69. The Morgan fingerprint density at radius 2 is 1.68 bits per heavy atom. The van der Waals surface area contributed by atoms with Gasteiger partial charge in [0.15, 0.2) is 11.6 Å². The van der Waals surface area contributed by atoms with Crippen molar-refractivity contribution >= 4 is 0 Å². The van der Waals surface area contributed by atoms with Gasteiger partial charge in [0, 0.05) is 17.5 Å². The monoisotopic (exact) mass is 335 g/mol. The number of rotatable bonds is 4. The third-order valence-corrected chi connectivity index (χ3v) is 3.73. The van der Waals surface area contributed by atoms with Crippen molar-refractivity contribution in [2.75, 3.05) is 0 Å². The summed E-state index contributed by atoms with van der Waals surface area (Å²) in [5, 5.41) is 10.9. The van der Waals surface area contributed by atoms with E-state index < -0.39 is 0 Å². The normalized spacial score (nSPS) is 11.0. The summed E-state index contributed by atoms with van der Waals surface area (Å²) in [6.07, 6.45) is 0.484. The second-order valence-corrected chi connectivity index (χ2v) is 5.64. The van der Waals surface area contributed by atoms with Crippen LogP contribution in [0.25, 0.3) is 22.8 Å². The lowest BCUT2D eigenvalue weighted by atomic mass is 10.1. The second-order valence-electron chi connectivity index (χ2n) is 5.64. The number of hydrogen-bond donors (Lipinski definition) is 1. The molecule has 0 atom stereocenters. The summed E-state index contributed by atoms with van der Waals surface area (Å²) in [7, 11) is 0. The van der Waals surface area contributed by atoms with Gasteiger partial charge in [0.05, 0.1) is 0 Å². The van der Waals surface area contributed by atoms with E-state index in [2.05, 4.69) is 25.3 Å². The summed E-state index contributed by atoms with van der Waals surface area (Å²) in [5.41, 5.74) is 2.64. The lowest BCUT2D eigenvalue weighted by Gasteiger charge is -1.97. The summed E-state index contributed by atoms with van der Waals surface area (Å²) in [6, 6.07) is 13.8. The highest BCUT2D eigenvalue weighted by Crippen LogP contribution is 2.22. The van der Waals surface area contributed by atoms with Gasteiger partial charge in [-0.3, -0.25) is 5.10 Å². The van der Waals surface area contributed by atoms with Crippen molar-refractivity contribution in [1.82, 2.24) is 25.3 Å². The van der Waals surface area contributed by atoms with Gasteiger partial charge in [0.1, 0.15) is 11.6 Å². The van der Waals surface area contributed by atoms with Crippen molar-refractivity contribution < 1.29 is 8.91 Å². The maximum Gasteiger partial charge on any atom is 0.257 e. The molecule has 6 nitrogen and oxygen atoms in total. The van der Waals surface area contributed by atoms with E-state index in [9.17, 15) is 4.39 Å². The molecule has 0 spiro atoms. The minimum Gasteiger partial charge on any atom is -0.334 e. The van der Waals surface area contributed by atoms with Gasteiger partial charge in [-0.05, 0) is 36.8 Å². The molecule has 4 rings (SSSR count). The standard InChI is InChI=1S/C18H14FN5O/c1-11-20-17(23-22-11)13-4-6-14(7-5-13)18-21-16(24-25-18)10-12-2-8-15(19)9-3-12/h2-9H,10H2,1H3,(H,20,22,23). The fourth-order valence-corrected chi connectivity index (χ4v) is 2.46. The van der Waals surface area contributed by atoms with Crippen LogP contribution < -0.4 is 0 Å². The Balaban J connectivity index is 1.52. The van der Waals surface area contributed by atoms with Crippen LogP contribution in [-0.4, -0.2) is 25.3 Å². The average molecular weight is 335 g/mol. The molecule has 0 saturated carbocycles. The molecule has 0 bridgehead atoms. The SMILES string of the molecule is Cc1nc(-c2ccc(-c3nc(Cc4ccc(F)cc4)no3)cc2)n[nH]1. The topological polar surface area (TPSA) is 80.5 Å². The quantitative estimate of drug-likeness (QED) is 0.617. The van der Waals surface area contributed by atoms with E-state index in [0.717, 1.165) is 22.5 Å². The van der Waals surface area contributed by atoms with E-state index in [4.69, 9.17) is 4.52 Å². The molecule has 0 fully saturated rings. The number of nitrogens with zero attached hydrogens (tertiary/aromatic N) is 4. The van der Waals surface area contributed by atoms with Gasteiger partial charge in [-0.25, -0.2) is 9.37 Å². The molecular formula is C18H14FN5O. The third-order valence-electron chi connectivity index (χ3n) is 3.73. The fraction of sp³-hybridized carbons (Fsp3) is 0.111. The van der Waals surface area contributed by atoms with E-state index in [1.54, 1.807) is 12.1 Å². The highest BCUT2D eigenvalue weighted by molar-refractivity contribution is 5.62. The number of halogens is 1. The highest BCUT2D eigenvalue weighted by Gasteiger charge is 2.11. The first-order valence-electron chi connectivity index (χ1n) is 7.74. The van der Waals surface area contributed by atoms with Crippen molar-refractivity contribution in [1.29, 1.82) is 0 Å². The largest absolute Gasteiger partial charge is 0.334 e. The van der Waals surface area contributed by atoms with Crippen LogP contribution in [0.4, 0.5) is 4.39 Å². The Bertz CT molecular complexity index is 989. The molecule has 2 aromatic heterocycles. The first-order valence-corrected chi connectivity index (χ1v) is 7.74. The average Bonchev–Trinajstić information content (AvgIpc) is 3.26. The van der Waals surface area contributed by atoms with Gasteiger partial charge in [-0.2, -0.15) is 10.1 Å². The van der Waals surface area contributed by atoms with Crippen LogP contribution in [0.2, 0.25) is 0 Å². The van der Waals surface area contributed by atoms with Gasteiger partial charge >= 0.3 is 0 Å². The molecule has 0 unspecified atom stereocenters. The van der Waals surface area contributed by atoms with Crippen LogP contribution in [0.3, 0.4) is 0 Å². The lowest BCUT2D eigenvalue weighted by molar-refractivity contribution is 0.424. The minimum absolute atomic E-state index is 0.265. The Labute approximate surface area is 142 Å². The van der Waals surface area contributed by atoms with Crippen LogP contribution in [0.5, 0.6) is 0 Å². The maximum atomic E-state index is 12.9. The Kier molecular flexibility index (Phi) is 3.81. The predicted molar refractivity (Wildman–Crippen MR) is 89.1 cm³/mol. The first-order chi connectivity index (χ1) is 12.2. The summed E-state index contributed by atoms with van der Waals surface area (Å²) < 4.78 is 18.3. The van der Waals surface area contributed by atoms with Crippen LogP contribution in [0, 0.1) is 12.7 Å². The number of aryl methyl sites for hydroxylation is 1. The van der Waals surface area contributed by atoms with E-state index >= 15 is 0 Å². The van der Waals surface area contributed by atoms with Crippen molar-refractivity contribution in [2.45, 2.75) is 13.3 Å². The molecular weight excluding hydrogens is 321 g/mol. The minimum atomic E-state index is -0.265. The van der Waals surface area contributed by atoms with E-state index in [-0.39, 0.29) is 5.82 Å². The molecule has 2 heterocycles. The number of H-pyrrole nitrogens is 1. The maximum absolute atomic E-state index is 12.9. The van der Waals surface area contributed by atoms with Crippen molar-refractivity contribution in [2.24, 2.45) is 0 Å². The highest BCUT2D eigenvalue weighted by atomic mass is 19.1. The first kappa shape index (κ1) is 15.2. The Morgan fingerprint density at radius 1 is 0.960 bits per heavy atom. The van der Waals surface area contributed by atoms with Crippen LogP contribution in [-0.2, 0) is 6.42 Å². The Hall–Kier alpha value is -3.35. The van der Waals surface area contributed by atoms with E-state index in [0.29, 0.717) is 24.0 Å². The smallest absolute Gasteiger partial charge is 0.257 e. The molecule has 0 aliphatic heterocycles. The van der Waals surface area contributed by atoms with Crippen molar-refractivity contribution in [3.05, 3.63) is 71.6 Å². The zero-order valence-corrected chi connectivity index (χ0v) is 13.4. The van der Waals surface area contributed by atoms with Gasteiger partial charge < -0.3 is 4.52 Å². The summed E-state index contributed by atoms with van der Waals surface area (Å²) >= 11 is 0. The number of aromatic nitrogens is 5. The van der Waals surface area contributed by atoms with E-state index in [1.807, 2.05) is 31.2 Å². The van der Waals surface area contributed by atoms with Crippen LogP contribution in [0.1, 0.15) is 17.2 Å². The molecule has 7 heteroatoms. The van der Waals surface area contributed by atoms with Crippen LogP contribution >= 0.6 is 0 Å². The molecule has 2 aromatic carbocycles. The van der Waals surface area contributed by atoms with E-state index in [1.165, 1.54) is 12.1 Å². The van der Waals surface area contributed by atoms with Gasteiger partial charge in [0.2, 0.25) is 0 Å². The van der Waals surface area contributed by atoms with Crippen molar-refractivity contribution in [3.8, 4) is 22.8 Å². The molecule has 0 aliphatic carbocycles. The van der Waals surface area contributed by atoms with Gasteiger partial charge in [0.25, 0.3) is 5.89 Å². The zero-order valence-electron chi connectivity index (χ0n) is 13.4. The number of aromatic amines is 1. The lowest BCUT2D eigenvalue weighted by Crippen LogP contribution is -1.91. The molecule has 4 aromatic rings. The molecule has 0 saturated heterocycles. The van der Waals surface area contributed by atoms with Crippen molar-refractivity contribution in [3.63, 3.8) is 0 Å². The molecule has 25 heavy (non-hydrogen) atoms. The van der Waals surface area contributed by atoms with Gasteiger partial charge in [-0.1, -0.05) is 29.4 Å². The molecule has 0 amide bonds. The fourth-order valence-electron chi connectivity index (χ4n) is 2.46. The number of benzene rings is 2. The van der Waals surface area contributed by atoms with Crippen LogP contribution in [0.15, 0.2) is 53.1 Å². The number of nitrogens with one attached hydrogen (secondary N) is 1.